The Balaban J connectivity index is 1.39. The van der Waals surface area contributed by atoms with Crippen molar-refractivity contribution in [3.8, 4) is 11.5 Å². The van der Waals surface area contributed by atoms with E-state index in [1.807, 2.05) is 6.92 Å². The predicted molar refractivity (Wildman–Crippen MR) is 166 cm³/mol. The van der Waals surface area contributed by atoms with Gasteiger partial charge in [-0.3, -0.25) is 14.1 Å². The number of carbonyl (C=O) groups excluding carboxylic acids is 2. The molecule has 0 radical (unpaired) electrons. The van der Waals surface area contributed by atoms with E-state index in [9.17, 15) is 23.1 Å². The molecule has 0 fully saturated rings. The maximum absolute atomic E-state index is 13.0. The van der Waals surface area contributed by atoms with Crippen LogP contribution in [0.2, 0.25) is 0 Å². The zero-order valence-electron chi connectivity index (χ0n) is 23.5. The number of methoxy groups -OCH3 is 1. The van der Waals surface area contributed by atoms with Gasteiger partial charge in [-0.1, -0.05) is 18.2 Å². The van der Waals surface area contributed by atoms with Crippen LogP contribution in [0, 0.1) is 6.92 Å². The van der Waals surface area contributed by atoms with E-state index >= 15 is 0 Å². The standard InChI is InChI=1S/C32H26N4O7S/c1-19-6-7-21(31(38)33-23-10-14-25(15-11-23)44(40,41)42)16-29(19)36-35-28-5-3-4-20-17-30(37)27(18-26(20)28)32(39)34-22-8-12-24(43-2)13-9-22/h3-18,37H,1-2H3,(H,33,38)(H,34,39)(H,40,41,42). The molecule has 5 rings (SSSR count). The van der Waals surface area contributed by atoms with Gasteiger partial charge in [0.1, 0.15) is 11.5 Å². The Kier molecular flexibility index (Phi) is 8.38. The van der Waals surface area contributed by atoms with Crippen molar-refractivity contribution in [3.05, 3.63) is 114 Å². The van der Waals surface area contributed by atoms with Crippen molar-refractivity contribution in [3.63, 3.8) is 0 Å². The number of hydrogen-bond acceptors (Lipinski definition) is 8. The molecule has 0 aliphatic rings. The van der Waals surface area contributed by atoms with Crippen molar-refractivity contribution in [2.75, 3.05) is 17.7 Å². The fourth-order valence-corrected chi connectivity index (χ4v) is 4.80. The molecule has 11 nitrogen and oxygen atoms in total. The van der Waals surface area contributed by atoms with Gasteiger partial charge in [-0.15, -0.1) is 5.11 Å². The molecule has 0 spiro atoms. The molecule has 0 atom stereocenters. The highest BCUT2D eigenvalue weighted by atomic mass is 32.2. The first-order valence-corrected chi connectivity index (χ1v) is 14.6. The number of azo groups is 1. The summed E-state index contributed by atoms with van der Waals surface area (Å²) in [6, 6.07) is 25.0. The van der Waals surface area contributed by atoms with Gasteiger partial charge in [0, 0.05) is 22.3 Å². The molecule has 0 aliphatic heterocycles. The summed E-state index contributed by atoms with van der Waals surface area (Å²) in [5, 5.41) is 26.0. The highest BCUT2D eigenvalue weighted by molar-refractivity contribution is 7.85. The molecule has 5 aromatic rings. The van der Waals surface area contributed by atoms with Gasteiger partial charge >= 0.3 is 0 Å². The molecule has 5 aromatic carbocycles. The van der Waals surface area contributed by atoms with Gasteiger partial charge in [-0.25, -0.2) is 0 Å². The molecule has 4 N–H and O–H groups in total. The summed E-state index contributed by atoms with van der Waals surface area (Å²) < 4.78 is 36.8. The summed E-state index contributed by atoms with van der Waals surface area (Å²) in [6.07, 6.45) is 0. The lowest BCUT2D eigenvalue weighted by atomic mass is 10.0. The molecule has 0 aromatic heterocycles. The molecule has 0 saturated heterocycles. The fraction of sp³-hybridized carbons (Fsp3) is 0.0625. The zero-order chi connectivity index (χ0) is 31.4. The summed E-state index contributed by atoms with van der Waals surface area (Å²) in [4.78, 5) is 25.6. The molecular weight excluding hydrogens is 584 g/mol. The normalized spacial score (nSPS) is 11.4. The first kappa shape index (κ1) is 29.9. The first-order chi connectivity index (χ1) is 21.0. The van der Waals surface area contributed by atoms with E-state index in [2.05, 4.69) is 20.9 Å². The number of ether oxygens (including phenoxy) is 1. The second kappa shape index (κ2) is 12.3. The SMILES string of the molecule is COc1ccc(NC(=O)c2cc3c(N=Nc4cc(C(=O)Nc5ccc(S(=O)(=O)O)cc5)ccc4C)cccc3cc2O)cc1. The summed E-state index contributed by atoms with van der Waals surface area (Å²) in [5.74, 6) is -0.529. The predicted octanol–water partition coefficient (Wildman–Crippen LogP) is 7.03. The average molecular weight is 611 g/mol. The van der Waals surface area contributed by atoms with E-state index in [0.29, 0.717) is 39.3 Å². The van der Waals surface area contributed by atoms with Crippen molar-refractivity contribution < 1.29 is 32.4 Å². The van der Waals surface area contributed by atoms with Crippen LogP contribution in [0.25, 0.3) is 10.8 Å². The van der Waals surface area contributed by atoms with E-state index in [-0.39, 0.29) is 21.8 Å². The summed E-state index contributed by atoms with van der Waals surface area (Å²) in [6.45, 7) is 1.81. The lowest BCUT2D eigenvalue weighted by Gasteiger charge is -2.10. The molecule has 0 bridgehead atoms. The van der Waals surface area contributed by atoms with E-state index in [1.165, 1.54) is 30.3 Å². The first-order valence-electron chi connectivity index (χ1n) is 13.1. The molecule has 44 heavy (non-hydrogen) atoms. The van der Waals surface area contributed by atoms with Crippen LogP contribution >= 0.6 is 0 Å². The molecular formula is C32H26N4O7S. The average Bonchev–Trinajstić information content (AvgIpc) is 3.00. The Morgan fingerprint density at radius 2 is 1.41 bits per heavy atom. The minimum absolute atomic E-state index is 0.0513. The number of carbonyl (C=O) groups is 2. The van der Waals surface area contributed by atoms with Gasteiger partial charge in [0.05, 0.1) is 28.9 Å². The maximum atomic E-state index is 13.0. The summed E-state index contributed by atoms with van der Waals surface area (Å²) in [5.41, 5.74) is 2.80. The van der Waals surface area contributed by atoms with Crippen LogP contribution in [-0.2, 0) is 10.1 Å². The highest BCUT2D eigenvalue weighted by Crippen LogP contribution is 2.34. The second-order valence-corrected chi connectivity index (χ2v) is 11.1. The Bertz CT molecular complexity index is 2030. The number of rotatable bonds is 8. The molecule has 0 unspecified atom stereocenters. The Labute approximate surface area is 252 Å². The van der Waals surface area contributed by atoms with Gasteiger partial charge in [0.25, 0.3) is 21.9 Å². The number of fused-ring (bicyclic) bond motifs is 1. The molecule has 12 heteroatoms. The smallest absolute Gasteiger partial charge is 0.294 e. The number of phenolic OH excluding ortho intramolecular Hbond substituents is 1. The Morgan fingerprint density at radius 1 is 0.773 bits per heavy atom. The monoisotopic (exact) mass is 610 g/mol. The van der Waals surface area contributed by atoms with Crippen molar-refractivity contribution in [1.29, 1.82) is 0 Å². The van der Waals surface area contributed by atoms with Gasteiger partial charge in [-0.2, -0.15) is 13.5 Å². The topological polar surface area (TPSA) is 167 Å². The fourth-order valence-electron chi connectivity index (χ4n) is 4.32. The van der Waals surface area contributed by atoms with Crippen LogP contribution in [0.15, 0.2) is 112 Å². The lowest BCUT2D eigenvalue weighted by molar-refractivity contribution is 0.101. The Morgan fingerprint density at radius 3 is 2.07 bits per heavy atom. The number of aryl methyl sites for hydroxylation is 1. The molecule has 2 amide bonds. The van der Waals surface area contributed by atoms with Crippen LogP contribution in [0.4, 0.5) is 22.7 Å². The van der Waals surface area contributed by atoms with E-state index < -0.39 is 21.9 Å². The van der Waals surface area contributed by atoms with Crippen LogP contribution in [0.1, 0.15) is 26.3 Å². The van der Waals surface area contributed by atoms with E-state index in [4.69, 9.17) is 9.29 Å². The molecule has 0 heterocycles. The maximum Gasteiger partial charge on any atom is 0.294 e. The van der Waals surface area contributed by atoms with Crippen molar-refractivity contribution in [2.45, 2.75) is 11.8 Å². The molecule has 0 aliphatic carbocycles. The van der Waals surface area contributed by atoms with Crippen LogP contribution in [-0.4, -0.2) is 37.0 Å². The number of hydrogen-bond donors (Lipinski definition) is 4. The number of nitrogens with zero attached hydrogens (tertiary/aromatic N) is 2. The Hall–Kier alpha value is -5.59. The van der Waals surface area contributed by atoms with Crippen LogP contribution in [0.3, 0.4) is 0 Å². The highest BCUT2D eigenvalue weighted by Gasteiger charge is 2.15. The quantitative estimate of drug-likeness (QED) is 0.108. The second-order valence-electron chi connectivity index (χ2n) is 9.71. The lowest BCUT2D eigenvalue weighted by Crippen LogP contribution is -2.12. The van der Waals surface area contributed by atoms with Crippen LogP contribution < -0.4 is 15.4 Å². The van der Waals surface area contributed by atoms with Gasteiger partial charge < -0.3 is 20.5 Å². The number of phenols is 1. The van der Waals surface area contributed by atoms with Crippen molar-refractivity contribution in [1.82, 2.24) is 0 Å². The van der Waals surface area contributed by atoms with Crippen molar-refractivity contribution in [2.24, 2.45) is 10.2 Å². The number of anilines is 2. The van der Waals surface area contributed by atoms with Crippen molar-refractivity contribution >= 4 is 55.5 Å². The number of nitrogens with one attached hydrogen (secondary N) is 2. The summed E-state index contributed by atoms with van der Waals surface area (Å²) >= 11 is 0. The van der Waals surface area contributed by atoms with Gasteiger partial charge in [0.15, 0.2) is 0 Å². The molecule has 222 valence electrons. The number of benzene rings is 5. The largest absolute Gasteiger partial charge is 0.507 e. The zero-order valence-corrected chi connectivity index (χ0v) is 24.3. The van der Waals surface area contributed by atoms with Crippen LogP contribution in [0.5, 0.6) is 11.5 Å². The van der Waals surface area contributed by atoms with Gasteiger partial charge in [0.2, 0.25) is 0 Å². The minimum atomic E-state index is -4.35. The third-order valence-electron chi connectivity index (χ3n) is 6.71. The van der Waals surface area contributed by atoms with E-state index in [1.54, 1.807) is 73.8 Å². The number of amides is 2. The third-order valence-corrected chi connectivity index (χ3v) is 7.58. The van der Waals surface area contributed by atoms with E-state index in [0.717, 1.165) is 5.56 Å². The number of aromatic hydroxyl groups is 1. The summed E-state index contributed by atoms with van der Waals surface area (Å²) in [7, 11) is -2.80. The molecule has 0 saturated carbocycles. The van der Waals surface area contributed by atoms with Gasteiger partial charge in [-0.05, 0) is 96.7 Å². The third kappa shape index (κ3) is 6.72. The minimum Gasteiger partial charge on any atom is -0.507 e.